The third-order valence-corrected chi connectivity index (χ3v) is 6.88. The van der Waals surface area contributed by atoms with E-state index in [1.165, 1.54) is 6.33 Å². The van der Waals surface area contributed by atoms with E-state index in [-0.39, 0.29) is 38.5 Å². The van der Waals surface area contributed by atoms with Crippen molar-refractivity contribution in [2.75, 3.05) is 25.3 Å². The Kier molecular flexibility index (Phi) is 10.6. The molecule has 1 aliphatic rings. The van der Waals surface area contributed by atoms with Gasteiger partial charge in [-0.2, -0.15) is 13.5 Å². The lowest BCUT2D eigenvalue weighted by Gasteiger charge is -2.32. The summed E-state index contributed by atoms with van der Waals surface area (Å²) in [6, 6.07) is -0.708. The number of nitrogens with zero attached hydrogens (tertiary/aromatic N) is 4. The second kappa shape index (κ2) is 12.7. The quantitative estimate of drug-likeness (QED) is 0.267. The van der Waals surface area contributed by atoms with Crippen LogP contribution in [-0.4, -0.2) is 57.2 Å². The van der Waals surface area contributed by atoms with E-state index in [0.717, 1.165) is 19.3 Å². The van der Waals surface area contributed by atoms with Crippen LogP contribution in [0.15, 0.2) is 12.7 Å². The highest BCUT2D eigenvalue weighted by Gasteiger charge is 2.37. The molecule has 3 N–H and O–H groups in total. The van der Waals surface area contributed by atoms with Gasteiger partial charge in [0.25, 0.3) is 7.52 Å². The largest absolute Gasteiger partial charge is 0.465 e. The van der Waals surface area contributed by atoms with Crippen LogP contribution in [0, 0.1) is 5.92 Å². The first-order chi connectivity index (χ1) is 15.3. The SMILES string of the molecule is CCCCCOC(=O)[C@H](CC(C)C)NP1(=O)CO[C@@H](Cn2cnc3c(N)ncnc32)CO1.S. The number of carbonyl (C=O) groups is 1. The first-order valence-electron chi connectivity index (χ1n) is 11.0. The highest BCUT2D eigenvalue weighted by Crippen LogP contribution is 2.46. The van der Waals surface area contributed by atoms with Crippen molar-refractivity contribution >= 4 is 44.0 Å². The highest BCUT2D eigenvalue weighted by molar-refractivity contribution is 7.59. The molecule has 33 heavy (non-hydrogen) atoms. The molecular formula is C20H35N6O5PS. The lowest BCUT2D eigenvalue weighted by atomic mass is 10.1. The van der Waals surface area contributed by atoms with Gasteiger partial charge in [-0.05, 0) is 18.8 Å². The lowest BCUT2D eigenvalue weighted by molar-refractivity contribution is -0.146. The van der Waals surface area contributed by atoms with Gasteiger partial charge in [0.2, 0.25) is 0 Å². The molecule has 13 heteroatoms. The number of unbranched alkanes of at least 4 members (excludes halogenated alkanes) is 2. The number of nitrogens with one attached hydrogen (secondary N) is 1. The average molecular weight is 503 g/mol. The summed E-state index contributed by atoms with van der Waals surface area (Å²) in [5.41, 5.74) is 6.94. The van der Waals surface area contributed by atoms with Gasteiger partial charge in [-0.1, -0.05) is 33.6 Å². The van der Waals surface area contributed by atoms with E-state index in [1.54, 1.807) is 10.9 Å². The Bertz CT molecular complexity index is 946. The lowest BCUT2D eigenvalue weighted by Crippen LogP contribution is -2.41. The number of nitrogens with two attached hydrogens (primary N) is 1. The maximum atomic E-state index is 13.2. The molecule has 0 bridgehead atoms. The summed E-state index contributed by atoms with van der Waals surface area (Å²) in [4.78, 5) is 24.9. The Morgan fingerprint density at radius 3 is 2.82 bits per heavy atom. The molecule has 3 heterocycles. The van der Waals surface area contributed by atoms with Crippen molar-refractivity contribution in [3.63, 3.8) is 0 Å². The molecule has 1 unspecified atom stereocenters. The number of ether oxygens (including phenoxy) is 2. The Morgan fingerprint density at radius 1 is 1.36 bits per heavy atom. The van der Waals surface area contributed by atoms with E-state index in [1.807, 2.05) is 13.8 Å². The normalized spacial score (nSPS) is 21.6. The molecule has 3 atom stereocenters. The fourth-order valence-electron chi connectivity index (χ4n) is 3.46. The second-order valence-corrected chi connectivity index (χ2v) is 10.5. The molecule has 0 aromatic carbocycles. The fraction of sp³-hybridized carbons (Fsp3) is 0.700. The molecule has 3 rings (SSSR count). The molecule has 186 valence electrons. The summed E-state index contributed by atoms with van der Waals surface area (Å²) >= 11 is 0. The number of anilines is 1. The van der Waals surface area contributed by atoms with Gasteiger partial charge in [0.05, 0.1) is 26.1 Å². The van der Waals surface area contributed by atoms with Gasteiger partial charge in [0, 0.05) is 0 Å². The summed E-state index contributed by atoms with van der Waals surface area (Å²) < 4.78 is 31.9. The van der Waals surface area contributed by atoms with Crippen LogP contribution >= 0.6 is 21.0 Å². The van der Waals surface area contributed by atoms with Crippen LogP contribution in [-0.2, 0) is 29.9 Å². The van der Waals surface area contributed by atoms with E-state index in [0.29, 0.717) is 36.6 Å². The zero-order valence-corrected chi connectivity index (χ0v) is 21.3. The van der Waals surface area contributed by atoms with Gasteiger partial charge >= 0.3 is 5.97 Å². The molecular weight excluding hydrogens is 467 g/mol. The van der Waals surface area contributed by atoms with E-state index in [4.69, 9.17) is 19.7 Å². The number of nitrogen functional groups attached to an aromatic ring is 1. The predicted octanol–water partition coefficient (Wildman–Crippen LogP) is 2.83. The Morgan fingerprint density at radius 2 is 2.15 bits per heavy atom. The molecule has 0 aliphatic carbocycles. The van der Waals surface area contributed by atoms with Crippen molar-refractivity contribution in [3.05, 3.63) is 12.7 Å². The average Bonchev–Trinajstić information content (AvgIpc) is 3.16. The van der Waals surface area contributed by atoms with Gasteiger partial charge in [0.1, 0.15) is 30.3 Å². The summed E-state index contributed by atoms with van der Waals surface area (Å²) in [5, 5.41) is 2.90. The van der Waals surface area contributed by atoms with Crippen LogP contribution in [0.3, 0.4) is 0 Å². The number of esters is 1. The minimum atomic E-state index is -3.35. The van der Waals surface area contributed by atoms with Crippen LogP contribution < -0.4 is 10.8 Å². The van der Waals surface area contributed by atoms with Gasteiger partial charge in [-0.15, -0.1) is 0 Å². The monoisotopic (exact) mass is 502 g/mol. The van der Waals surface area contributed by atoms with Gasteiger partial charge in [0.15, 0.2) is 11.5 Å². The molecule has 0 amide bonds. The van der Waals surface area contributed by atoms with Gasteiger partial charge in [-0.25, -0.2) is 20.0 Å². The highest BCUT2D eigenvalue weighted by atomic mass is 32.1. The minimum Gasteiger partial charge on any atom is -0.465 e. The molecule has 0 saturated carbocycles. The zero-order chi connectivity index (χ0) is 23.1. The van der Waals surface area contributed by atoms with Crippen LogP contribution in [0.4, 0.5) is 5.82 Å². The summed E-state index contributed by atoms with van der Waals surface area (Å²) in [7, 11) is -3.35. The van der Waals surface area contributed by atoms with Crippen LogP contribution in [0.25, 0.3) is 11.2 Å². The molecule has 0 spiro atoms. The minimum absolute atomic E-state index is 0. The van der Waals surface area contributed by atoms with Crippen molar-refractivity contribution < 1.29 is 23.4 Å². The standard InChI is InChI=1S/C20H33N6O5P.H2S/c1-4-5-6-7-29-20(27)16(8-14(2)3)25-32(28)13-30-15(10-31-32)9-26-12-24-17-18(21)22-11-23-19(17)26;/h11-12,14-16H,4-10,13H2,1-3H3,(H,25,28)(H2,21,22,23);1H2/t15-,16-,32?;/m0./s1. The molecule has 11 nitrogen and oxygen atoms in total. The Balaban J connectivity index is 0.00000385. The topological polar surface area (TPSA) is 143 Å². The maximum absolute atomic E-state index is 13.2. The summed E-state index contributed by atoms with van der Waals surface area (Å²) in [5.74, 6) is 0.114. The fourth-order valence-corrected chi connectivity index (χ4v) is 5.18. The molecule has 1 aliphatic heterocycles. The smallest absolute Gasteiger partial charge is 0.323 e. The van der Waals surface area contributed by atoms with Gasteiger partial charge < -0.3 is 24.3 Å². The van der Waals surface area contributed by atoms with Gasteiger partial charge in [-0.3, -0.25) is 9.36 Å². The van der Waals surface area contributed by atoms with Crippen LogP contribution in [0.5, 0.6) is 0 Å². The zero-order valence-electron chi connectivity index (χ0n) is 19.4. The van der Waals surface area contributed by atoms with Crippen LogP contribution in [0.2, 0.25) is 0 Å². The second-order valence-electron chi connectivity index (χ2n) is 8.40. The number of hydrogen-bond donors (Lipinski definition) is 2. The van der Waals surface area contributed by atoms with Crippen molar-refractivity contribution in [2.45, 2.75) is 65.1 Å². The van der Waals surface area contributed by atoms with Crippen molar-refractivity contribution in [1.29, 1.82) is 0 Å². The third-order valence-electron chi connectivity index (χ3n) is 5.12. The van der Waals surface area contributed by atoms with E-state index in [2.05, 4.69) is 27.0 Å². The Labute approximate surface area is 201 Å². The number of hydrogen-bond acceptors (Lipinski definition) is 9. The van der Waals surface area contributed by atoms with Crippen molar-refractivity contribution in [3.8, 4) is 0 Å². The predicted molar refractivity (Wildman–Crippen MR) is 130 cm³/mol. The number of aromatic nitrogens is 4. The first-order valence-corrected chi connectivity index (χ1v) is 12.8. The number of carbonyl (C=O) groups excluding carboxylic acids is 1. The van der Waals surface area contributed by atoms with Crippen molar-refractivity contribution in [2.24, 2.45) is 5.92 Å². The molecule has 0 radical (unpaired) electrons. The Hall–Kier alpha value is -1.72. The summed E-state index contributed by atoms with van der Waals surface area (Å²) in [6.45, 7) is 6.94. The molecule has 2 aromatic rings. The number of fused-ring (bicyclic) bond motifs is 1. The third kappa shape index (κ3) is 7.65. The van der Waals surface area contributed by atoms with Crippen LogP contribution in [0.1, 0.15) is 46.5 Å². The van der Waals surface area contributed by atoms with E-state index < -0.39 is 19.5 Å². The number of imidazole rings is 1. The first kappa shape index (κ1) is 27.5. The maximum Gasteiger partial charge on any atom is 0.323 e. The van der Waals surface area contributed by atoms with E-state index in [9.17, 15) is 9.36 Å². The summed E-state index contributed by atoms with van der Waals surface area (Å²) in [6.07, 6.45) is 5.84. The van der Waals surface area contributed by atoms with Crippen molar-refractivity contribution in [1.82, 2.24) is 24.6 Å². The molecule has 2 aromatic heterocycles. The van der Waals surface area contributed by atoms with E-state index >= 15 is 0 Å². The molecule has 1 fully saturated rings. The molecule has 1 saturated heterocycles. The number of rotatable bonds is 11.